The number of aliphatic hydroxyl groups excluding tert-OH is 1. The van der Waals surface area contributed by atoms with Gasteiger partial charge in [0.15, 0.2) is 0 Å². The molecule has 0 unspecified atom stereocenters. The van der Waals surface area contributed by atoms with Crippen molar-refractivity contribution in [2.45, 2.75) is 17.4 Å². The average molecular weight is 349 g/mol. The van der Waals surface area contributed by atoms with E-state index in [1.807, 2.05) is 18.2 Å². The van der Waals surface area contributed by atoms with Crippen LogP contribution < -0.4 is 4.72 Å². The van der Waals surface area contributed by atoms with Gasteiger partial charge in [-0.25, -0.2) is 17.5 Å². The summed E-state index contributed by atoms with van der Waals surface area (Å²) in [6.07, 6.45) is -0.853. The van der Waals surface area contributed by atoms with Crippen molar-refractivity contribution in [1.82, 2.24) is 4.72 Å². The van der Waals surface area contributed by atoms with Crippen molar-refractivity contribution in [2.75, 3.05) is 6.54 Å². The third kappa shape index (κ3) is 3.48. The number of hydrogen-bond acceptors (Lipinski definition) is 4. The molecule has 0 spiro atoms. The van der Waals surface area contributed by atoms with Gasteiger partial charge in [0.25, 0.3) is 0 Å². The number of fused-ring (bicyclic) bond motifs is 1. The van der Waals surface area contributed by atoms with E-state index in [9.17, 15) is 17.9 Å². The minimum absolute atomic E-state index is 0.0467. The van der Waals surface area contributed by atoms with E-state index in [0.29, 0.717) is 11.3 Å². The van der Waals surface area contributed by atoms with E-state index < -0.39 is 26.8 Å². The number of hydrogen-bond donors (Lipinski definition) is 2. The summed E-state index contributed by atoms with van der Waals surface area (Å²) in [6, 6.07) is 14.2. The van der Waals surface area contributed by atoms with Crippen molar-refractivity contribution >= 4 is 21.0 Å². The number of sulfonamides is 1. The number of halogens is 1. The summed E-state index contributed by atoms with van der Waals surface area (Å²) in [5.41, 5.74) is 0.651. The van der Waals surface area contributed by atoms with Crippen LogP contribution in [0.3, 0.4) is 0 Å². The molecule has 0 saturated carbocycles. The van der Waals surface area contributed by atoms with Crippen LogP contribution in [0.15, 0.2) is 63.9 Å². The summed E-state index contributed by atoms with van der Waals surface area (Å²) < 4.78 is 45.5. The maximum absolute atomic E-state index is 13.6. The number of aliphatic hydroxyl groups is 1. The first-order valence-electron chi connectivity index (χ1n) is 7.38. The van der Waals surface area contributed by atoms with E-state index in [4.69, 9.17) is 4.42 Å². The quantitative estimate of drug-likeness (QED) is 0.717. The molecule has 2 N–H and O–H groups in total. The van der Waals surface area contributed by atoms with Crippen molar-refractivity contribution in [2.24, 2.45) is 0 Å². The van der Waals surface area contributed by atoms with Crippen LogP contribution in [0.2, 0.25) is 0 Å². The Hall–Kier alpha value is -2.22. The van der Waals surface area contributed by atoms with E-state index in [1.54, 1.807) is 12.1 Å². The van der Waals surface area contributed by atoms with Crippen LogP contribution in [0.4, 0.5) is 4.39 Å². The van der Waals surface area contributed by atoms with Crippen LogP contribution in [-0.2, 0) is 10.0 Å². The van der Waals surface area contributed by atoms with E-state index in [-0.39, 0.29) is 13.0 Å². The lowest BCUT2D eigenvalue weighted by atomic mass is 10.2. The zero-order valence-electron chi connectivity index (χ0n) is 12.6. The van der Waals surface area contributed by atoms with E-state index >= 15 is 0 Å². The van der Waals surface area contributed by atoms with Gasteiger partial charge in [0.2, 0.25) is 10.0 Å². The summed E-state index contributed by atoms with van der Waals surface area (Å²) >= 11 is 0. The molecule has 0 fully saturated rings. The monoisotopic (exact) mass is 349 g/mol. The lowest BCUT2D eigenvalue weighted by Gasteiger charge is -2.10. The largest absolute Gasteiger partial charge is 0.458 e. The van der Waals surface area contributed by atoms with Crippen molar-refractivity contribution in [3.05, 3.63) is 66.2 Å². The summed E-state index contributed by atoms with van der Waals surface area (Å²) in [5, 5.41) is 11.0. The van der Waals surface area contributed by atoms with Gasteiger partial charge in [0.05, 0.1) is 0 Å². The molecule has 3 aromatic rings. The highest BCUT2D eigenvalue weighted by Gasteiger charge is 2.19. The molecule has 0 radical (unpaired) electrons. The van der Waals surface area contributed by atoms with Crippen molar-refractivity contribution < 1.29 is 22.3 Å². The van der Waals surface area contributed by atoms with Crippen molar-refractivity contribution in [1.29, 1.82) is 0 Å². The fourth-order valence-electron chi connectivity index (χ4n) is 2.38. The van der Waals surface area contributed by atoms with Crippen LogP contribution in [0.1, 0.15) is 18.3 Å². The minimum atomic E-state index is -3.96. The predicted molar refractivity (Wildman–Crippen MR) is 87.4 cm³/mol. The average Bonchev–Trinajstić information content (AvgIpc) is 2.99. The molecule has 2 aromatic carbocycles. The molecule has 0 aliphatic rings. The Labute approximate surface area is 138 Å². The molecule has 1 aromatic heterocycles. The van der Waals surface area contributed by atoms with Crippen molar-refractivity contribution in [3.8, 4) is 0 Å². The zero-order valence-corrected chi connectivity index (χ0v) is 13.5. The SMILES string of the molecule is O=S(=O)(NCC[C@@H](O)c1cc2ccccc2o1)c1ccccc1F. The Morgan fingerprint density at radius 1 is 1.12 bits per heavy atom. The molecule has 0 aliphatic carbocycles. The van der Waals surface area contributed by atoms with Gasteiger partial charge in [0, 0.05) is 11.9 Å². The summed E-state index contributed by atoms with van der Waals surface area (Å²) in [5.74, 6) is -0.455. The van der Waals surface area contributed by atoms with Crippen LogP contribution in [-0.4, -0.2) is 20.1 Å². The number of furan rings is 1. The third-order valence-electron chi connectivity index (χ3n) is 3.61. The normalized spacial score (nSPS) is 13.2. The van der Waals surface area contributed by atoms with Crippen molar-refractivity contribution in [3.63, 3.8) is 0 Å². The number of rotatable bonds is 6. The van der Waals surface area contributed by atoms with Crippen LogP contribution >= 0.6 is 0 Å². The first kappa shape index (κ1) is 16.6. The third-order valence-corrected chi connectivity index (χ3v) is 5.10. The maximum atomic E-state index is 13.6. The zero-order chi connectivity index (χ0) is 17.2. The molecule has 0 saturated heterocycles. The van der Waals surface area contributed by atoms with Gasteiger partial charge in [-0.1, -0.05) is 30.3 Å². The molecular formula is C17H16FNO4S. The molecule has 0 bridgehead atoms. The second kappa shape index (κ2) is 6.72. The number of benzene rings is 2. The highest BCUT2D eigenvalue weighted by Crippen LogP contribution is 2.25. The smallest absolute Gasteiger partial charge is 0.243 e. The van der Waals surface area contributed by atoms with Gasteiger partial charge in [-0.2, -0.15) is 0 Å². The fourth-order valence-corrected chi connectivity index (χ4v) is 3.50. The number of nitrogens with one attached hydrogen (secondary N) is 1. The minimum Gasteiger partial charge on any atom is -0.458 e. The summed E-state index contributed by atoms with van der Waals surface area (Å²) in [4.78, 5) is -0.414. The topological polar surface area (TPSA) is 79.5 Å². The maximum Gasteiger partial charge on any atom is 0.243 e. The number of para-hydroxylation sites is 1. The predicted octanol–water partition coefficient (Wildman–Crippen LogP) is 2.97. The molecule has 5 nitrogen and oxygen atoms in total. The highest BCUT2D eigenvalue weighted by molar-refractivity contribution is 7.89. The lowest BCUT2D eigenvalue weighted by molar-refractivity contribution is 0.144. The van der Waals surface area contributed by atoms with Gasteiger partial charge in [0.1, 0.15) is 28.2 Å². The Bertz CT molecular complexity index is 919. The molecule has 7 heteroatoms. The van der Waals surface area contributed by atoms with Crippen LogP contribution in [0.25, 0.3) is 11.0 Å². The first-order valence-corrected chi connectivity index (χ1v) is 8.86. The summed E-state index contributed by atoms with van der Waals surface area (Å²) in [6.45, 7) is -0.0467. The Kier molecular flexibility index (Phi) is 4.66. The Morgan fingerprint density at radius 2 is 1.83 bits per heavy atom. The molecular weight excluding hydrogens is 333 g/mol. The second-order valence-corrected chi connectivity index (χ2v) is 7.05. The van der Waals surface area contributed by atoms with E-state index in [0.717, 1.165) is 11.5 Å². The van der Waals surface area contributed by atoms with Gasteiger partial charge >= 0.3 is 0 Å². The van der Waals surface area contributed by atoms with Gasteiger partial charge in [-0.05, 0) is 30.7 Å². The molecule has 24 heavy (non-hydrogen) atoms. The van der Waals surface area contributed by atoms with Crippen LogP contribution in [0.5, 0.6) is 0 Å². The molecule has 3 rings (SSSR count). The van der Waals surface area contributed by atoms with Gasteiger partial charge in [-0.15, -0.1) is 0 Å². The second-order valence-electron chi connectivity index (χ2n) is 5.32. The van der Waals surface area contributed by atoms with E-state index in [2.05, 4.69) is 4.72 Å². The lowest BCUT2D eigenvalue weighted by Crippen LogP contribution is -2.26. The summed E-state index contributed by atoms with van der Waals surface area (Å²) in [7, 11) is -3.96. The molecule has 0 amide bonds. The van der Waals surface area contributed by atoms with Crippen LogP contribution in [0, 0.1) is 5.82 Å². The van der Waals surface area contributed by atoms with Gasteiger partial charge in [-0.3, -0.25) is 0 Å². The Morgan fingerprint density at radius 3 is 2.58 bits per heavy atom. The van der Waals surface area contributed by atoms with Gasteiger partial charge < -0.3 is 9.52 Å². The first-order chi connectivity index (χ1) is 11.5. The highest BCUT2D eigenvalue weighted by atomic mass is 32.2. The molecule has 1 heterocycles. The standard InChI is InChI=1S/C17H16FNO4S/c18-13-6-2-4-8-17(13)24(21,22)19-10-9-14(20)16-11-12-5-1-3-7-15(12)23-16/h1-8,11,14,19-20H,9-10H2/t14-/m1/s1. The molecule has 1 atom stereocenters. The fraction of sp³-hybridized carbons (Fsp3) is 0.176. The molecule has 126 valence electrons. The van der Waals surface area contributed by atoms with E-state index in [1.165, 1.54) is 18.2 Å². The molecule has 0 aliphatic heterocycles. The Balaban J connectivity index is 1.64.